The van der Waals surface area contributed by atoms with Gasteiger partial charge in [-0.3, -0.25) is 4.79 Å². The van der Waals surface area contributed by atoms with E-state index in [9.17, 15) is 13.2 Å². The summed E-state index contributed by atoms with van der Waals surface area (Å²) in [5.41, 5.74) is 0. The summed E-state index contributed by atoms with van der Waals surface area (Å²) in [7, 11) is -3.52. The van der Waals surface area contributed by atoms with Crippen LogP contribution in [0.1, 0.15) is 32.6 Å². The number of sulfonamides is 1. The van der Waals surface area contributed by atoms with Crippen LogP contribution in [0.5, 0.6) is 0 Å². The molecule has 1 heterocycles. The fourth-order valence-electron chi connectivity index (χ4n) is 2.49. The standard InChI is InChI=1S/C11H20N2O3S/c1-8(9-4-5-9)11(14)13-6-2-3-10(7-13)17(12,15)16/h8-10H,2-7H2,1H3,(H2,12,15,16). The lowest BCUT2D eigenvalue weighted by atomic mass is 10.0. The van der Waals surface area contributed by atoms with Gasteiger partial charge in [0.1, 0.15) is 0 Å². The van der Waals surface area contributed by atoms with E-state index in [2.05, 4.69) is 0 Å². The smallest absolute Gasteiger partial charge is 0.225 e. The molecule has 2 aliphatic rings. The highest BCUT2D eigenvalue weighted by Gasteiger charge is 2.37. The number of hydrogen-bond donors (Lipinski definition) is 1. The van der Waals surface area contributed by atoms with Crippen molar-refractivity contribution in [2.45, 2.75) is 37.9 Å². The summed E-state index contributed by atoms with van der Waals surface area (Å²) in [6.45, 7) is 2.89. The first-order chi connectivity index (χ1) is 7.89. The molecule has 1 saturated heterocycles. The molecule has 2 fully saturated rings. The number of carbonyl (C=O) groups is 1. The highest BCUT2D eigenvalue weighted by atomic mass is 32.2. The highest BCUT2D eigenvalue weighted by molar-refractivity contribution is 7.89. The molecule has 0 radical (unpaired) electrons. The number of nitrogens with two attached hydrogens (primary N) is 1. The maximum Gasteiger partial charge on any atom is 0.225 e. The van der Waals surface area contributed by atoms with E-state index in [4.69, 9.17) is 5.14 Å². The van der Waals surface area contributed by atoms with Crippen LogP contribution >= 0.6 is 0 Å². The number of hydrogen-bond acceptors (Lipinski definition) is 3. The summed E-state index contributed by atoms with van der Waals surface area (Å²) in [6, 6.07) is 0. The fourth-order valence-corrected chi connectivity index (χ4v) is 3.38. The Morgan fingerprint density at radius 2 is 2.00 bits per heavy atom. The highest BCUT2D eigenvalue weighted by Crippen LogP contribution is 2.37. The second-order valence-corrected chi connectivity index (χ2v) is 7.11. The molecule has 0 bridgehead atoms. The van der Waals surface area contributed by atoms with Crippen LogP contribution in [-0.2, 0) is 14.8 Å². The minimum absolute atomic E-state index is 0.0363. The molecule has 1 saturated carbocycles. The molecule has 17 heavy (non-hydrogen) atoms. The van der Waals surface area contributed by atoms with E-state index in [-0.39, 0.29) is 18.4 Å². The Balaban J connectivity index is 1.99. The third kappa shape index (κ3) is 2.98. The summed E-state index contributed by atoms with van der Waals surface area (Å²) >= 11 is 0. The average Bonchev–Trinajstić information content (AvgIpc) is 3.10. The van der Waals surface area contributed by atoms with Crippen LogP contribution < -0.4 is 5.14 Å². The largest absolute Gasteiger partial charge is 0.341 e. The molecule has 0 aromatic rings. The van der Waals surface area contributed by atoms with E-state index in [0.717, 1.165) is 19.3 Å². The topological polar surface area (TPSA) is 80.5 Å². The number of piperidine rings is 1. The zero-order valence-corrected chi connectivity index (χ0v) is 10.9. The lowest BCUT2D eigenvalue weighted by Crippen LogP contribution is -2.48. The van der Waals surface area contributed by atoms with Gasteiger partial charge in [-0.15, -0.1) is 0 Å². The van der Waals surface area contributed by atoms with E-state index in [1.807, 2.05) is 6.92 Å². The molecule has 1 aliphatic heterocycles. The van der Waals surface area contributed by atoms with Crippen molar-refractivity contribution in [1.82, 2.24) is 4.90 Å². The summed E-state index contributed by atoms with van der Waals surface area (Å²) in [6.07, 6.45) is 3.55. The van der Waals surface area contributed by atoms with Gasteiger partial charge in [0, 0.05) is 19.0 Å². The molecule has 2 unspecified atom stereocenters. The average molecular weight is 260 g/mol. The van der Waals surface area contributed by atoms with Gasteiger partial charge in [-0.1, -0.05) is 6.92 Å². The Labute approximate surface area is 102 Å². The molecule has 0 aromatic carbocycles. The first-order valence-corrected chi connectivity index (χ1v) is 7.81. The van der Waals surface area contributed by atoms with Crippen LogP contribution in [0.2, 0.25) is 0 Å². The second-order valence-electron chi connectivity index (χ2n) is 5.26. The number of carbonyl (C=O) groups excluding carboxylic acids is 1. The van der Waals surface area contributed by atoms with Gasteiger partial charge in [0.15, 0.2) is 0 Å². The molecule has 5 nitrogen and oxygen atoms in total. The van der Waals surface area contributed by atoms with Crippen molar-refractivity contribution in [2.75, 3.05) is 13.1 Å². The molecule has 2 rings (SSSR count). The van der Waals surface area contributed by atoms with Crippen LogP contribution in [0.15, 0.2) is 0 Å². The lowest BCUT2D eigenvalue weighted by Gasteiger charge is -2.33. The maximum absolute atomic E-state index is 12.1. The van der Waals surface area contributed by atoms with E-state index in [1.54, 1.807) is 4.90 Å². The van der Waals surface area contributed by atoms with Gasteiger partial charge in [-0.05, 0) is 31.6 Å². The zero-order chi connectivity index (χ0) is 12.6. The van der Waals surface area contributed by atoms with Gasteiger partial charge in [0.25, 0.3) is 0 Å². The quantitative estimate of drug-likeness (QED) is 0.793. The SMILES string of the molecule is CC(C(=O)N1CCCC(S(N)(=O)=O)C1)C1CC1. The monoisotopic (exact) mass is 260 g/mol. The molecular formula is C11H20N2O3S. The Bertz CT molecular complexity index is 403. The van der Waals surface area contributed by atoms with Crippen LogP contribution in [0, 0.1) is 11.8 Å². The normalized spacial score (nSPS) is 27.9. The summed E-state index contributed by atoms with van der Waals surface area (Å²) < 4.78 is 22.6. The fraction of sp³-hybridized carbons (Fsp3) is 0.909. The Kier molecular flexibility index (Phi) is 3.45. The third-order valence-electron chi connectivity index (χ3n) is 3.87. The summed E-state index contributed by atoms with van der Waals surface area (Å²) in [5, 5.41) is 4.58. The summed E-state index contributed by atoms with van der Waals surface area (Å²) in [4.78, 5) is 13.8. The van der Waals surface area contributed by atoms with Crippen LogP contribution in [-0.4, -0.2) is 37.6 Å². The van der Waals surface area contributed by atoms with Gasteiger partial charge in [-0.2, -0.15) is 0 Å². The van der Waals surface area contributed by atoms with E-state index in [1.165, 1.54) is 0 Å². The van der Waals surface area contributed by atoms with Crippen molar-refractivity contribution >= 4 is 15.9 Å². The number of amides is 1. The first-order valence-electron chi connectivity index (χ1n) is 6.20. The minimum Gasteiger partial charge on any atom is -0.341 e. The third-order valence-corrected chi connectivity index (χ3v) is 5.19. The zero-order valence-electron chi connectivity index (χ0n) is 10.1. The lowest BCUT2D eigenvalue weighted by molar-refractivity contribution is -0.136. The van der Waals surface area contributed by atoms with Crippen LogP contribution in [0.25, 0.3) is 0 Å². The number of primary sulfonamides is 1. The molecule has 2 atom stereocenters. The number of nitrogens with zero attached hydrogens (tertiary/aromatic N) is 1. The van der Waals surface area contributed by atoms with Gasteiger partial charge < -0.3 is 4.90 Å². The molecule has 1 amide bonds. The van der Waals surface area contributed by atoms with Crippen LogP contribution in [0.3, 0.4) is 0 Å². The molecule has 0 aromatic heterocycles. The van der Waals surface area contributed by atoms with Crippen molar-refractivity contribution in [2.24, 2.45) is 17.0 Å². The van der Waals surface area contributed by atoms with Crippen molar-refractivity contribution < 1.29 is 13.2 Å². The predicted octanol–water partition coefficient (Wildman–Crippen LogP) is 0.312. The van der Waals surface area contributed by atoms with Crippen molar-refractivity contribution in [3.05, 3.63) is 0 Å². The molecule has 2 N–H and O–H groups in total. The van der Waals surface area contributed by atoms with E-state index >= 15 is 0 Å². The first kappa shape index (κ1) is 12.8. The van der Waals surface area contributed by atoms with Gasteiger partial charge in [0.2, 0.25) is 15.9 Å². The predicted molar refractivity (Wildman–Crippen MR) is 64.6 cm³/mol. The minimum atomic E-state index is -3.52. The van der Waals surface area contributed by atoms with Crippen LogP contribution in [0.4, 0.5) is 0 Å². The van der Waals surface area contributed by atoms with Crippen molar-refractivity contribution in [3.63, 3.8) is 0 Å². The molecular weight excluding hydrogens is 240 g/mol. The maximum atomic E-state index is 12.1. The van der Waals surface area contributed by atoms with E-state index < -0.39 is 15.3 Å². The van der Waals surface area contributed by atoms with E-state index in [0.29, 0.717) is 18.9 Å². The van der Waals surface area contributed by atoms with Crippen molar-refractivity contribution in [1.29, 1.82) is 0 Å². The Hall–Kier alpha value is -0.620. The molecule has 1 aliphatic carbocycles. The van der Waals surface area contributed by atoms with Crippen molar-refractivity contribution in [3.8, 4) is 0 Å². The Morgan fingerprint density at radius 3 is 2.53 bits per heavy atom. The van der Waals surface area contributed by atoms with Gasteiger partial charge in [0.05, 0.1) is 5.25 Å². The molecule has 0 spiro atoms. The van der Waals surface area contributed by atoms with Gasteiger partial charge >= 0.3 is 0 Å². The second kappa shape index (κ2) is 4.57. The van der Waals surface area contributed by atoms with Gasteiger partial charge in [-0.25, -0.2) is 13.6 Å². The number of rotatable bonds is 3. The number of likely N-dealkylation sites (tertiary alicyclic amines) is 1. The molecule has 98 valence electrons. The Morgan fingerprint density at radius 1 is 1.35 bits per heavy atom. The summed E-state index contributed by atoms with van der Waals surface area (Å²) in [5.74, 6) is 0.646. The molecule has 6 heteroatoms.